The summed E-state index contributed by atoms with van der Waals surface area (Å²) in [7, 11) is 0. The first-order valence-electron chi connectivity index (χ1n) is 5.94. The largest absolute Gasteiger partial charge is 0.389 e. The van der Waals surface area contributed by atoms with E-state index in [9.17, 15) is 5.11 Å². The number of hydrogen-bond acceptors (Lipinski definition) is 4. The Hall–Kier alpha value is -0.160. The van der Waals surface area contributed by atoms with Gasteiger partial charge in [0.1, 0.15) is 0 Å². The van der Waals surface area contributed by atoms with Crippen LogP contribution in [0.25, 0.3) is 0 Å². The van der Waals surface area contributed by atoms with Gasteiger partial charge >= 0.3 is 0 Å². The molecule has 0 amide bonds. The highest BCUT2D eigenvalue weighted by atomic mass is 16.5. The highest BCUT2D eigenvalue weighted by Gasteiger charge is 2.34. The molecule has 2 aliphatic heterocycles. The van der Waals surface area contributed by atoms with Crippen LogP contribution in [0.4, 0.5) is 0 Å². The molecular formula is C11H22N2O2. The van der Waals surface area contributed by atoms with E-state index in [2.05, 4.69) is 11.8 Å². The topological polar surface area (TPSA) is 58.7 Å². The molecule has 0 aromatic rings. The lowest BCUT2D eigenvalue weighted by Crippen LogP contribution is -2.44. The van der Waals surface area contributed by atoms with Gasteiger partial charge in [0.2, 0.25) is 0 Å². The number of aliphatic hydroxyl groups is 1. The molecule has 0 spiro atoms. The minimum Gasteiger partial charge on any atom is -0.389 e. The molecule has 3 atom stereocenters. The van der Waals surface area contributed by atoms with Gasteiger partial charge in [-0.3, -0.25) is 0 Å². The number of likely N-dealkylation sites (tertiary alicyclic amines) is 1. The number of aliphatic hydroxyl groups excluding tert-OH is 1. The van der Waals surface area contributed by atoms with E-state index in [1.54, 1.807) is 0 Å². The summed E-state index contributed by atoms with van der Waals surface area (Å²) in [5, 5.41) is 9.76. The first-order valence-corrected chi connectivity index (χ1v) is 5.94. The minimum absolute atomic E-state index is 0.0755. The molecule has 15 heavy (non-hydrogen) atoms. The van der Waals surface area contributed by atoms with Crippen LogP contribution in [0.2, 0.25) is 0 Å². The van der Waals surface area contributed by atoms with Gasteiger partial charge in [-0.2, -0.15) is 0 Å². The maximum atomic E-state index is 9.76. The van der Waals surface area contributed by atoms with Gasteiger partial charge in [0.25, 0.3) is 0 Å². The fraction of sp³-hybridized carbons (Fsp3) is 1.00. The second kappa shape index (κ2) is 4.78. The first-order chi connectivity index (χ1) is 7.16. The Balaban J connectivity index is 1.77. The summed E-state index contributed by atoms with van der Waals surface area (Å²) in [6.45, 7) is 5.89. The van der Waals surface area contributed by atoms with Gasteiger partial charge in [0, 0.05) is 6.54 Å². The molecule has 2 fully saturated rings. The van der Waals surface area contributed by atoms with Gasteiger partial charge in [0.15, 0.2) is 0 Å². The Morgan fingerprint density at radius 1 is 1.40 bits per heavy atom. The van der Waals surface area contributed by atoms with Gasteiger partial charge in [-0.15, -0.1) is 0 Å². The van der Waals surface area contributed by atoms with Gasteiger partial charge < -0.3 is 20.5 Å². The van der Waals surface area contributed by atoms with Crippen molar-refractivity contribution in [1.29, 1.82) is 0 Å². The van der Waals surface area contributed by atoms with Crippen LogP contribution in [0.3, 0.4) is 0 Å². The third-order valence-corrected chi connectivity index (χ3v) is 3.64. The normalized spacial score (nSPS) is 39.8. The van der Waals surface area contributed by atoms with E-state index in [1.807, 2.05) is 0 Å². The van der Waals surface area contributed by atoms with E-state index in [0.717, 1.165) is 25.6 Å². The predicted molar refractivity (Wildman–Crippen MR) is 58.6 cm³/mol. The van der Waals surface area contributed by atoms with Gasteiger partial charge in [-0.05, 0) is 31.8 Å². The van der Waals surface area contributed by atoms with E-state index in [-0.39, 0.29) is 12.1 Å². The number of piperidine rings is 1. The zero-order valence-electron chi connectivity index (χ0n) is 9.43. The Kier molecular flexibility index (Phi) is 3.61. The van der Waals surface area contributed by atoms with Crippen LogP contribution in [0.15, 0.2) is 0 Å². The Labute approximate surface area is 91.4 Å². The molecule has 88 valence electrons. The first kappa shape index (κ1) is 11.3. The van der Waals surface area contributed by atoms with Crippen LogP contribution in [0.1, 0.15) is 19.8 Å². The number of rotatable bonds is 2. The number of nitrogens with two attached hydrogens (primary N) is 1. The van der Waals surface area contributed by atoms with Crippen molar-refractivity contribution in [3.8, 4) is 0 Å². The summed E-state index contributed by atoms with van der Waals surface area (Å²) in [6, 6.07) is -0.196. The molecule has 2 saturated heterocycles. The molecular weight excluding hydrogens is 192 g/mol. The summed E-state index contributed by atoms with van der Waals surface area (Å²) >= 11 is 0. The smallest absolute Gasteiger partial charge is 0.0987 e. The maximum absolute atomic E-state index is 9.76. The van der Waals surface area contributed by atoms with E-state index >= 15 is 0 Å². The molecule has 3 N–H and O–H groups in total. The molecule has 0 aliphatic carbocycles. The van der Waals surface area contributed by atoms with Crippen molar-refractivity contribution in [1.82, 2.24) is 4.90 Å². The van der Waals surface area contributed by atoms with Crippen LogP contribution < -0.4 is 5.73 Å². The van der Waals surface area contributed by atoms with E-state index in [0.29, 0.717) is 6.61 Å². The van der Waals surface area contributed by atoms with Crippen molar-refractivity contribution in [2.75, 3.05) is 26.2 Å². The Bertz CT molecular complexity index is 205. The zero-order chi connectivity index (χ0) is 10.8. The zero-order valence-corrected chi connectivity index (χ0v) is 9.43. The average molecular weight is 214 g/mol. The predicted octanol–water partition coefficient (Wildman–Crippen LogP) is -0.195. The Morgan fingerprint density at radius 2 is 2.07 bits per heavy atom. The summed E-state index contributed by atoms with van der Waals surface area (Å²) < 4.78 is 5.49. The van der Waals surface area contributed by atoms with Gasteiger partial charge in [-0.25, -0.2) is 0 Å². The fourth-order valence-corrected chi connectivity index (χ4v) is 2.37. The molecule has 0 aromatic carbocycles. The second-order valence-corrected chi connectivity index (χ2v) is 5.01. The third kappa shape index (κ3) is 2.69. The van der Waals surface area contributed by atoms with Crippen LogP contribution in [-0.2, 0) is 4.74 Å². The number of hydrogen-bond donors (Lipinski definition) is 2. The Morgan fingerprint density at radius 3 is 2.60 bits per heavy atom. The molecule has 2 rings (SSSR count). The van der Waals surface area contributed by atoms with Crippen LogP contribution >= 0.6 is 0 Å². The molecule has 4 heteroatoms. The summed E-state index contributed by atoms with van der Waals surface area (Å²) in [5.41, 5.74) is 5.70. The van der Waals surface area contributed by atoms with E-state index in [4.69, 9.17) is 10.5 Å². The number of nitrogens with zero attached hydrogens (tertiary/aromatic N) is 1. The van der Waals surface area contributed by atoms with E-state index < -0.39 is 6.10 Å². The van der Waals surface area contributed by atoms with E-state index in [1.165, 1.54) is 12.8 Å². The molecule has 3 unspecified atom stereocenters. The highest BCUT2D eigenvalue weighted by molar-refractivity contribution is 4.88. The maximum Gasteiger partial charge on any atom is 0.0987 e. The van der Waals surface area contributed by atoms with Crippen molar-refractivity contribution in [2.24, 2.45) is 11.7 Å². The summed E-state index contributed by atoms with van der Waals surface area (Å²) in [4.78, 5) is 2.38. The lowest BCUT2D eigenvalue weighted by molar-refractivity contribution is 0.00921. The molecule has 0 aromatic heterocycles. The second-order valence-electron chi connectivity index (χ2n) is 5.01. The van der Waals surface area contributed by atoms with Crippen LogP contribution in [-0.4, -0.2) is 54.5 Å². The highest BCUT2D eigenvalue weighted by Crippen LogP contribution is 2.19. The lowest BCUT2D eigenvalue weighted by atomic mass is 9.98. The quantitative estimate of drug-likeness (QED) is 0.668. The summed E-state index contributed by atoms with van der Waals surface area (Å²) in [5.74, 6) is 0.845. The molecule has 0 bridgehead atoms. The average Bonchev–Trinajstić information content (AvgIpc) is 2.53. The molecule has 4 nitrogen and oxygen atoms in total. The lowest BCUT2D eigenvalue weighted by Gasteiger charge is -2.32. The molecule has 2 heterocycles. The fourth-order valence-electron chi connectivity index (χ4n) is 2.37. The summed E-state index contributed by atoms with van der Waals surface area (Å²) in [6.07, 6.45) is 1.96. The monoisotopic (exact) mass is 214 g/mol. The van der Waals surface area contributed by atoms with Crippen molar-refractivity contribution in [2.45, 2.75) is 38.0 Å². The van der Waals surface area contributed by atoms with Crippen molar-refractivity contribution in [3.63, 3.8) is 0 Å². The van der Waals surface area contributed by atoms with Crippen molar-refractivity contribution < 1.29 is 9.84 Å². The van der Waals surface area contributed by atoms with Crippen LogP contribution in [0.5, 0.6) is 0 Å². The van der Waals surface area contributed by atoms with Crippen molar-refractivity contribution in [3.05, 3.63) is 0 Å². The number of ether oxygens (including phenoxy) is 1. The standard InChI is InChI=1S/C11H22N2O2/c1-8-2-4-13(5-3-8)6-10-11(14)9(12)7-15-10/h8-11,14H,2-7,12H2,1H3. The minimum atomic E-state index is -0.482. The molecule has 0 saturated carbocycles. The van der Waals surface area contributed by atoms with Gasteiger partial charge in [0.05, 0.1) is 24.9 Å². The van der Waals surface area contributed by atoms with Gasteiger partial charge in [-0.1, -0.05) is 6.92 Å². The van der Waals surface area contributed by atoms with Crippen molar-refractivity contribution >= 4 is 0 Å². The molecule has 0 radical (unpaired) electrons. The molecule has 2 aliphatic rings. The van der Waals surface area contributed by atoms with Crippen LogP contribution in [0, 0.1) is 5.92 Å². The third-order valence-electron chi connectivity index (χ3n) is 3.64. The SMILES string of the molecule is CC1CCN(CC2OCC(N)C2O)CC1.